The standard InChI is InChI=1S/C45H74N2O2.O.V/c1-28(2)42(9,10)34-22-32(40(48)36(24-34)44(13,14)30(5)6)26-46-38-20-18-19-21-39(38)47(17)27-33-23-35(43(11,12)29(3)4)25-37(41(33)49)45(15,16)31(7)8;;/h22-26,28-31,38-39,48-49H,18-21,27H2,1-17H3;;/q;;+2/p-2/t38-,39-;;/m1../s1. The fourth-order valence-electron chi connectivity index (χ4n) is 6.89. The average molecular weight is 740 g/mol. The van der Waals surface area contributed by atoms with Crippen LogP contribution in [0.2, 0.25) is 0 Å². The average Bonchev–Trinajstić information content (AvgIpc) is 3.05. The van der Waals surface area contributed by atoms with Crippen molar-refractivity contribution in [3.05, 3.63) is 57.6 Å². The SMILES string of the molecule is CC(C)C(C)(C)c1cc(C=N[C@@H]2CCCC[C@H]2N(C)Cc2cc(C(C)(C)C(C)C)cc(C(C)(C)C(C)C)c2[O-])c([O-])c(C(C)(C)C(C)C)c1.[O]=[V+2]. The van der Waals surface area contributed by atoms with Crippen LogP contribution in [-0.2, 0) is 49.2 Å². The van der Waals surface area contributed by atoms with Gasteiger partial charge in [0, 0.05) is 18.8 Å². The topological polar surface area (TPSA) is 78.8 Å². The molecule has 285 valence electrons. The maximum absolute atomic E-state index is 14.2. The zero-order chi connectivity index (χ0) is 39.4. The van der Waals surface area contributed by atoms with E-state index in [1.165, 1.54) is 11.1 Å². The molecule has 0 aliphatic heterocycles. The molecular formula is C45H72N2O3V. The van der Waals surface area contributed by atoms with Crippen LogP contribution >= 0.6 is 0 Å². The predicted octanol–water partition coefficient (Wildman–Crippen LogP) is 10.3. The molecular weight excluding hydrogens is 667 g/mol. The minimum atomic E-state index is -0.256. The molecule has 0 heterocycles. The molecule has 0 aromatic heterocycles. The van der Waals surface area contributed by atoms with Crippen molar-refractivity contribution in [2.24, 2.45) is 28.7 Å². The van der Waals surface area contributed by atoms with Gasteiger partial charge >= 0.3 is 21.0 Å². The van der Waals surface area contributed by atoms with E-state index >= 15 is 0 Å². The molecule has 0 spiro atoms. The second-order valence-corrected chi connectivity index (χ2v) is 19.1. The minimum absolute atomic E-state index is 0.0573. The van der Waals surface area contributed by atoms with Crippen LogP contribution in [0, 0.1) is 23.7 Å². The van der Waals surface area contributed by atoms with E-state index in [9.17, 15) is 10.2 Å². The third kappa shape index (κ3) is 9.79. The Morgan fingerprint density at radius 1 is 0.686 bits per heavy atom. The molecule has 2 atom stereocenters. The summed E-state index contributed by atoms with van der Waals surface area (Å²) in [7, 11) is 2.17. The molecule has 1 aliphatic carbocycles. The Morgan fingerprint density at radius 2 is 1.10 bits per heavy atom. The van der Waals surface area contributed by atoms with Crippen LogP contribution in [0.15, 0.2) is 29.3 Å². The number of hydrogen-bond acceptors (Lipinski definition) is 5. The zero-order valence-electron chi connectivity index (χ0n) is 35.5. The Hall–Kier alpha value is -1.95. The number of nitrogens with zero attached hydrogens (tertiary/aromatic N) is 2. The summed E-state index contributed by atoms with van der Waals surface area (Å²) in [5.41, 5.74) is 5.24. The first kappa shape index (κ1) is 45.2. The summed E-state index contributed by atoms with van der Waals surface area (Å²) in [4.78, 5) is 7.61. The van der Waals surface area contributed by atoms with Crippen LogP contribution in [0.4, 0.5) is 0 Å². The summed E-state index contributed by atoms with van der Waals surface area (Å²) in [6.45, 7) is 36.5. The van der Waals surface area contributed by atoms with Gasteiger partial charge in [-0.3, -0.25) is 9.89 Å². The first-order chi connectivity index (χ1) is 23.4. The first-order valence-electron chi connectivity index (χ1n) is 19.5. The number of rotatable bonds is 13. The van der Waals surface area contributed by atoms with Crippen molar-refractivity contribution in [3.8, 4) is 11.5 Å². The quantitative estimate of drug-likeness (QED) is 0.192. The van der Waals surface area contributed by atoms with E-state index in [1.54, 1.807) is 0 Å². The maximum atomic E-state index is 14.2. The van der Waals surface area contributed by atoms with Crippen molar-refractivity contribution in [2.75, 3.05) is 7.05 Å². The Labute approximate surface area is 322 Å². The van der Waals surface area contributed by atoms with Gasteiger partial charge in [-0.2, -0.15) is 0 Å². The second kappa shape index (κ2) is 17.5. The van der Waals surface area contributed by atoms with Crippen LogP contribution in [0.25, 0.3) is 0 Å². The number of likely N-dealkylation sites (N-methyl/N-ethyl adjacent to an activating group) is 1. The number of hydrogen-bond donors (Lipinski definition) is 0. The summed E-state index contributed by atoms with van der Waals surface area (Å²) in [5.74, 6) is 1.80. The van der Waals surface area contributed by atoms with Gasteiger partial charge in [-0.05, 0) is 98.6 Å². The number of aliphatic imine (C=N–C) groups is 1. The molecule has 51 heavy (non-hydrogen) atoms. The van der Waals surface area contributed by atoms with Crippen molar-refractivity contribution < 1.29 is 31.3 Å². The molecule has 0 radical (unpaired) electrons. The van der Waals surface area contributed by atoms with Gasteiger partial charge in [0.2, 0.25) is 0 Å². The van der Waals surface area contributed by atoms with Gasteiger partial charge in [0.05, 0.1) is 6.04 Å². The van der Waals surface area contributed by atoms with Gasteiger partial charge in [-0.1, -0.05) is 154 Å². The summed E-state index contributed by atoms with van der Waals surface area (Å²) in [6.07, 6.45) is 6.18. The molecule has 0 unspecified atom stereocenters. The van der Waals surface area contributed by atoms with Crippen LogP contribution in [0.3, 0.4) is 0 Å². The molecule has 0 N–H and O–H groups in total. The summed E-state index contributed by atoms with van der Waals surface area (Å²) in [6, 6.07) is 8.97. The van der Waals surface area contributed by atoms with Crippen molar-refractivity contribution in [1.82, 2.24) is 4.90 Å². The van der Waals surface area contributed by atoms with Crippen molar-refractivity contribution >= 4 is 6.21 Å². The van der Waals surface area contributed by atoms with Gasteiger partial charge < -0.3 is 10.2 Å². The van der Waals surface area contributed by atoms with Gasteiger partial charge in [0.1, 0.15) is 0 Å². The fourth-order valence-corrected chi connectivity index (χ4v) is 6.89. The molecule has 1 aliphatic rings. The molecule has 2 aromatic rings. The van der Waals surface area contributed by atoms with Crippen LogP contribution < -0.4 is 10.2 Å². The van der Waals surface area contributed by atoms with E-state index in [1.807, 2.05) is 6.21 Å². The Balaban J connectivity index is 0.00000442. The van der Waals surface area contributed by atoms with Crippen molar-refractivity contribution in [2.45, 2.75) is 177 Å². The van der Waals surface area contributed by atoms with Crippen LogP contribution in [0.1, 0.15) is 170 Å². The van der Waals surface area contributed by atoms with Crippen molar-refractivity contribution in [1.29, 1.82) is 0 Å². The van der Waals surface area contributed by atoms with Crippen molar-refractivity contribution in [3.63, 3.8) is 0 Å². The third-order valence-electron chi connectivity index (χ3n) is 14.0. The monoisotopic (exact) mass is 739 g/mol. The van der Waals surface area contributed by atoms with E-state index in [0.717, 1.165) is 59.7 Å². The Morgan fingerprint density at radius 3 is 1.55 bits per heavy atom. The van der Waals surface area contributed by atoms with E-state index in [2.05, 4.69) is 147 Å². The Bertz CT molecular complexity index is 1480. The van der Waals surface area contributed by atoms with Gasteiger partial charge in [-0.15, -0.1) is 5.75 Å². The van der Waals surface area contributed by atoms with E-state index < -0.39 is 0 Å². The molecule has 0 amide bonds. The normalized spacial score (nSPS) is 18.0. The Kier molecular flexibility index (Phi) is 15.5. The summed E-state index contributed by atoms with van der Waals surface area (Å²) >= 11 is 1.06. The third-order valence-corrected chi connectivity index (χ3v) is 14.0. The molecule has 3 rings (SSSR count). The number of benzene rings is 2. The zero-order valence-corrected chi connectivity index (χ0v) is 36.8. The van der Waals surface area contributed by atoms with E-state index in [0.29, 0.717) is 35.8 Å². The van der Waals surface area contributed by atoms with Crippen LogP contribution in [0.5, 0.6) is 11.5 Å². The van der Waals surface area contributed by atoms with E-state index in [-0.39, 0.29) is 45.2 Å². The molecule has 1 fully saturated rings. The van der Waals surface area contributed by atoms with Crippen LogP contribution in [-0.4, -0.2) is 30.2 Å². The summed E-state index contributed by atoms with van der Waals surface area (Å²) in [5, 5.41) is 28.4. The molecule has 1 saturated carbocycles. The molecule has 0 saturated heterocycles. The van der Waals surface area contributed by atoms with Gasteiger partial charge in [0.15, 0.2) is 0 Å². The van der Waals surface area contributed by atoms with Gasteiger partial charge in [0.25, 0.3) is 0 Å². The van der Waals surface area contributed by atoms with Gasteiger partial charge in [-0.25, -0.2) is 0 Å². The van der Waals surface area contributed by atoms with E-state index in [4.69, 9.17) is 8.67 Å². The summed E-state index contributed by atoms with van der Waals surface area (Å²) < 4.78 is 8.19. The predicted molar refractivity (Wildman–Crippen MR) is 209 cm³/mol. The second-order valence-electron chi connectivity index (χ2n) is 19.1. The molecule has 2 aromatic carbocycles. The fraction of sp³-hybridized carbons (Fsp3) is 0.711. The molecule has 6 heteroatoms. The molecule has 5 nitrogen and oxygen atoms in total. The molecule has 0 bridgehead atoms. The first-order valence-corrected chi connectivity index (χ1v) is 20.1.